The summed E-state index contributed by atoms with van der Waals surface area (Å²) >= 11 is 11.9. The lowest BCUT2D eigenvalue weighted by molar-refractivity contribution is -0.119. The summed E-state index contributed by atoms with van der Waals surface area (Å²) in [5.74, 6) is 1.19. The van der Waals surface area contributed by atoms with Gasteiger partial charge < -0.3 is 20.5 Å². The first kappa shape index (κ1) is 19.4. The highest BCUT2D eigenvalue weighted by atomic mass is 35.5. The predicted molar refractivity (Wildman–Crippen MR) is 99.4 cm³/mol. The Kier molecular flexibility index (Phi) is 7.85. The minimum absolute atomic E-state index is 0.00943. The third-order valence-corrected chi connectivity index (χ3v) is 3.84. The van der Waals surface area contributed by atoms with Crippen LogP contribution in [0.1, 0.15) is 12.0 Å². The van der Waals surface area contributed by atoms with Gasteiger partial charge in [0.25, 0.3) is 0 Å². The van der Waals surface area contributed by atoms with Crippen LogP contribution in [0, 0.1) is 0 Å². The molecule has 0 spiro atoms. The van der Waals surface area contributed by atoms with Crippen molar-refractivity contribution in [1.82, 2.24) is 5.32 Å². The maximum atomic E-state index is 11.1. The topological polar surface area (TPSA) is 73.6 Å². The molecular formula is C18H20Cl2N2O3. The number of ether oxygens (including phenoxy) is 2. The number of hydrogen-bond donors (Lipinski definition) is 2. The van der Waals surface area contributed by atoms with Crippen LogP contribution in [0.15, 0.2) is 42.5 Å². The maximum absolute atomic E-state index is 11.1. The lowest BCUT2D eigenvalue weighted by Gasteiger charge is -2.10. The molecule has 25 heavy (non-hydrogen) atoms. The number of amides is 1. The molecule has 0 saturated carbocycles. The van der Waals surface area contributed by atoms with Crippen molar-refractivity contribution in [2.75, 3.05) is 19.8 Å². The van der Waals surface area contributed by atoms with Gasteiger partial charge in [-0.2, -0.15) is 0 Å². The zero-order valence-electron chi connectivity index (χ0n) is 13.6. The Labute approximate surface area is 157 Å². The van der Waals surface area contributed by atoms with Gasteiger partial charge >= 0.3 is 0 Å². The summed E-state index contributed by atoms with van der Waals surface area (Å²) in [5.41, 5.74) is 6.22. The normalized spacial score (nSPS) is 10.4. The van der Waals surface area contributed by atoms with Gasteiger partial charge in [0.2, 0.25) is 5.91 Å². The molecule has 1 amide bonds. The summed E-state index contributed by atoms with van der Waals surface area (Å²) in [6.07, 6.45) is 0.716. The molecule has 2 aromatic rings. The number of carbonyl (C=O) groups excluding carboxylic acids is 1. The number of nitrogens with two attached hydrogens (primary N) is 1. The summed E-state index contributed by atoms with van der Waals surface area (Å²) in [4.78, 5) is 11.1. The minimum Gasteiger partial charge on any atom is -0.493 e. The van der Waals surface area contributed by atoms with Crippen molar-refractivity contribution >= 4 is 29.1 Å². The van der Waals surface area contributed by atoms with Gasteiger partial charge in [-0.3, -0.25) is 4.79 Å². The van der Waals surface area contributed by atoms with Crippen LogP contribution < -0.4 is 20.5 Å². The zero-order chi connectivity index (χ0) is 18.1. The summed E-state index contributed by atoms with van der Waals surface area (Å²) in [5, 5.41) is 3.78. The molecule has 2 rings (SSSR count). The Morgan fingerprint density at radius 2 is 1.76 bits per heavy atom. The molecule has 0 fully saturated rings. The molecule has 5 nitrogen and oxygen atoms in total. The van der Waals surface area contributed by atoms with Crippen LogP contribution in [0.2, 0.25) is 10.0 Å². The Bertz CT molecular complexity index is 693. The lowest BCUT2D eigenvalue weighted by atomic mass is 10.2. The van der Waals surface area contributed by atoms with Gasteiger partial charge in [-0.15, -0.1) is 0 Å². The van der Waals surface area contributed by atoms with Gasteiger partial charge in [0.1, 0.15) is 11.5 Å². The molecule has 7 heteroatoms. The van der Waals surface area contributed by atoms with Gasteiger partial charge in [-0.1, -0.05) is 35.3 Å². The third kappa shape index (κ3) is 6.82. The first-order valence-electron chi connectivity index (χ1n) is 7.85. The zero-order valence-corrected chi connectivity index (χ0v) is 15.1. The van der Waals surface area contributed by atoms with Crippen LogP contribution in [-0.2, 0) is 11.3 Å². The molecule has 0 aliphatic rings. The second-order valence-corrected chi connectivity index (χ2v) is 6.09. The van der Waals surface area contributed by atoms with Crippen LogP contribution in [0.3, 0.4) is 0 Å². The molecule has 0 bridgehead atoms. The summed E-state index contributed by atoms with van der Waals surface area (Å²) < 4.78 is 11.2. The van der Waals surface area contributed by atoms with E-state index in [4.69, 9.17) is 38.4 Å². The van der Waals surface area contributed by atoms with E-state index in [1.165, 1.54) is 0 Å². The number of carbonyl (C=O) groups is 1. The number of nitrogens with one attached hydrogen (secondary N) is 1. The average molecular weight is 383 g/mol. The fourth-order valence-corrected chi connectivity index (χ4v) is 2.46. The molecule has 0 aromatic heterocycles. The van der Waals surface area contributed by atoms with Gasteiger partial charge in [-0.05, 0) is 35.9 Å². The quantitative estimate of drug-likeness (QED) is 0.651. The van der Waals surface area contributed by atoms with Crippen molar-refractivity contribution in [3.8, 4) is 11.5 Å². The summed E-state index contributed by atoms with van der Waals surface area (Å²) in [7, 11) is 0. The predicted octanol–water partition coefficient (Wildman–Crippen LogP) is 3.42. The Morgan fingerprint density at radius 1 is 1.04 bits per heavy atom. The SMILES string of the molecule is NCC(=O)NCc1ccc(OCCCOc2ccc(Cl)cc2Cl)cc1. The fourth-order valence-electron chi connectivity index (χ4n) is 2.00. The van der Waals surface area contributed by atoms with E-state index in [2.05, 4.69) is 5.32 Å². The summed E-state index contributed by atoms with van der Waals surface area (Å²) in [6.45, 7) is 1.45. The second-order valence-electron chi connectivity index (χ2n) is 5.25. The van der Waals surface area contributed by atoms with Gasteiger partial charge in [-0.25, -0.2) is 0 Å². The molecule has 0 unspecified atom stereocenters. The molecule has 3 N–H and O–H groups in total. The first-order valence-corrected chi connectivity index (χ1v) is 8.60. The fraction of sp³-hybridized carbons (Fsp3) is 0.278. The van der Waals surface area contributed by atoms with Crippen molar-refractivity contribution in [3.05, 3.63) is 58.1 Å². The van der Waals surface area contributed by atoms with Crippen molar-refractivity contribution in [2.45, 2.75) is 13.0 Å². The average Bonchev–Trinajstić information content (AvgIpc) is 2.62. The van der Waals surface area contributed by atoms with Gasteiger partial charge in [0, 0.05) is 18.0 Å². The molecule has 0 atom stereocenters. The Hall–Kier alpha value is -1.95. The maximum Gasteiger partial charge on any atom is 0.234 e. The van der Waals surface area contributed by atoms with E-state index in [1.807, 2.05) is 24.3 Å². The van der Waals surface area contributed by atoms with Crippen LogP contribution in [0.25, 0.3) is 0 Å². The molecular weight excluding hydrogens is 363 g/mol. The summed E-state index contributed by atoms with van der Waals surface area (Å²) in [6, 6.07) is 12.6. The minimum atomic E-state index is -0.180. The van der Waals surface area contributed by atoms with E-state index in [9.17, 15) is 4.79 Å². The van der Waals surface area contributed by atoms with Gasteiger partial charge in [0.05, 0.1) is 24.8 Å². The Balaban J connectivity index is 1.67. The van der Waals surface area contributed by atoms with E-state index >= 15 is 0 Å². The van der Waals surface area contributed by atoms with Crippen LogP contribution in [-0.4, -0.2) is 25.7 Å². The van der Waals surface area contributed by atoms with Crippen LogP contribution in [0.5, 0.6) is 11.5 Å². The molecule has 0 aliphatic carbocycles. The van der Waals surface area contributed by atoms with E-state index in [-0.39, 0.29) is 12.5 Å². The number of benzene rings is 2. The van der Waals surface area contributed by atoms with Crippen molar-refractivity contribution in [1.29, 1.82) is 0 Å². The van der Waals surface area contributed by atoms with Crippen molar-refractivity contribution in [2.24, 2.45) is 5.73 Å². The van der Waals surface area contributed by atoms with E-state index < -0.39 is 0 Å². The second kappa shape index (κ2) is 10.1. The highest BCUT2D eigenvalue weighted by molar-refractivity contribution is 6.35. The first-order chi connectivity index (χ1) is 12.1. The number of rotatable bonds is 9. The Morgan fingerprint density at radius 3 is 2.44 bits per heavy atom. The number of hydrogen-bond acceptors (Lipinski definition) is 4. The van der Waals surface area contributed by atoms with Crippen molar-refractivity contribution < 1.29 is 14.3 Å². The standard InChI is InChI=1S/C18H20Cl2N2O3/c19-14-4-7-17(16(20)10-14)25-9-1-8-24-15-5-2-13(3-6-15)12-22-18(23)11-21/h2-7,10H,1,8-9,11-12,21H2,(H,22,23). The molecule has 0 aliphatic heterocycles. The molecule has 2 aromatic carbocycles. The van der Waals surface area contributed by atoms with Gasteiger partial charge in [0.15, 0.2) is 0 Å². The largest absolute Gasteiger partial charge is 0.493 e. The molecule has 0 heterocycles. The highest BCUT2D eigenvalue weighted by Gasteiger charge is 2.03. The lowest BCUT2D eigenvalue weighted by Crippen LogP contribution is -2.29. The highest BCUT2D eigenvalue weighted by Crippen LogP contribution is 2.27. The van der Waals surface area contributed by atoms with Crippen molar-refractivity contribution in [3.63, 3.8) is 0 Å². The molecule has 134 valence electrons. The van der Waals surface area contributed by atoms with E-state index in [0.29, 0.717) is 42.0 Å². The van der Waals surface area contributed by atoms with Crippen LogP contribution >= 0.6 is 23.2 Å². The third-order valence-electron chi connectivity index (χ3n) is 3.31. The molecule has 0 radical (unpaired) electrons. The smallest absolute Gasteiger partial charge is 0.234 e. The van der Waals surface area contributed by atoms with E-state index in [0.717, 1.165) is 11.3 Å². The monoisotopic (exact) mass is 382 g/mol. The van der Waals surface area contributed by atoms with E-state index in [1.54, 1.807) is 18.2 Å². The number of halogens is 2. The molecule has 0 saturated heterocycles. The van der Waals surface area contributed by atoms with Crippen LogP contribution in [0.4, 0.5) is 0 Å².